The number of carbonyl (C=O) groups is 1. The molecule has 0 saturated carbocycles. The van der Waals surface area contributed by atoms with Crippen LogP contribution < -0.4 is 15.3 Å². The molecule has 2 aliphatic rings. The minimum Gasteiger partial charge on any atom is -0.362 e. The number of fused-ring (bicyclic) bond motifs is 1. The Balaban J connectivity index is 1.47. The van der Waals surface area contributed by atoms with Crippen LogP contribution in [0.25, 0.3) is 0 Å². The molecule has 7 nitrogen and oxygen atoms in total. The van der Waals surface area contributed by atoms with Gasteiger partial charge in [-0.3, -0.25) is 10.0 Å². The SMILES string of the molecule is O=C(NO)c1cnc(N2CC3[C@H]2CN3c2cccc(S(F)(F)(F)(F)F)c2)nc1. The molecule has 152 valence electrons. The fourth-order valence-electron chi connectivity index (χ4n) is 3.33. The molecular formula is C15H14F5N5O2S. The smallest absolute Gasteiger partial charge is 0.310 e. The highest BCUT2D eigenvalue weighted by Gasteiger charge is 2.65. The van der Waals surface area contributed by atoms with Crippen molar-refractivity contribution in [1.82, 2.24) is 15.4 Å². The van der Waals surface area contributed by atoms with Gasteiger partial charge in [0.25, 0.3) is 5.91 Å². The van der Waals surface area contributed by atoms with Gasteiger partial charge in [0.1, 0.15) is 4.90 Å². The van der Waals surface area contributed by atoms with Crippen molar-refractivity contribution in [3.63, 3.8) is 0 Å². The Bertz CT molecular complexity index is 956. The quantitative estimate of drug-likeness (QED) is 0.446. The third-order valence-electron chi connectivity index (χ3n) is 4.87. The topological polar surface area (TPSA) is 81.6 Å². The lowest BCUT2D eigenvalue weighted by Crippen LogP contribution is -2.79. The first-order valence-corrected chi connectivity index (χ1v) is 9.96. The molecular weight excluding hydrogens is 409 g/mol. The summed E-state index contributed by atoms with van der Waals surface area (Å²) in [6.07, 6.45) is 2.46. The van der Waals surface area contributed by atoms with E-state index in [1.165, 1.54) is 23.9 Å². The van der Waals surface area contributed by atoms with E-state index in [2.05, 4.69) is 9.97 Å². The maximum absolute atomic E-state index is 13.0. The van der Waals surface area contributed by atoms with Gasteiger partial charge >= 0.3 is 10.2 Å². The van der Waals surface area contributed by atoms with Crippen LogP contribution in [0.1, 0.15) is 10.4 Å². The van der Waals surface area contributed by atoms with Crippen LogP contribution in [0, 0.1) is 0 Å². The van der Waals surface area contributed by atoms with Crippen LogP contribution in [0.3, 0.4) is 0 Å². The number of piperazine rings is 1. The van der Waals surface area contributed by atoms with E-state index in [4.69, 9.17) is 5.21 Å². The average Bonchev–Trinajstić information content (AvgIpc) is 2.61. The van der Waals surface area contributed by atoms with Crippen molar-refractivity contribution in [1.29, 1.82) is 0 Å². The van der Waals surface area contributed by atoms with Crippen molar-refractivity contribution in [3.05, 3.63) is 42.2 Å². The minimum atomic E-state index is -9.72. The van der Waals surface area contributed by atoms with Crippen LogP contribution >= 0.6 is 10.2 Å². The summed E-state index contributed by atoms with van der Waals surface area (Å²) in [5.41, 5.74) is 1.61. The van der Waals surface area contributed by atoms with E-state index in [9.17, 15) is 24.2 Å². The first-order chi connectivity index (χ1) is 12.9. The molecule has 0 bridgehead atoms. The predicted molar refractivity (Wildman–Crippen MR) is 91.4 cm³/mol. The number of nitrogens with zero attached hydrogens (tertiary/aromatic N) is 4. The number of aromatic nitrogens is 2. The van der Waals surface area contributed by atoms with Crippen molar-refractivity contribution in [3.8, 4) is 0 Å². The van der Waals surface area contributed by atoms with E-state index in [0.717, 1.165) is 6.07 Å². The number of hydroxylamine groups is 1. The van der Waals surface area contributed by atoms with E-state index in [0.29, 0.717) is 31.2 Å². The Morgan fingerprint density at radius 2 is 1.68 bits per heavy atom. The van der Waals surface area contributed by atoms with Gasteiger partial charge in [-0.1, -0.05) is 25.5 Å². The lowest BCUT2D eigenvalue weighted by Gasteiger charge is -2.62. The number of rotatable bonds is 4. The summed E-state index contributed by atoms with van der Waals surface area (Å²) >= 11 is 0. The van der Waals surface area contributed by atoms with E-state index in [1.807, 2.05) is 0 Å². The van der Waals surface area contributed by atoms with Crippen molar-refractivity contribution in [2.24, 2.45) is 0 Å². The van der Waals surface area contributed by atoms with Crippen molar-refractivity contribution < 1.29 is 29.4 Å². The number of hydrogen-bond acceptors (Lipinski definition) is 6. The zero-order chi connectivity index (χ0) is 20.4. The fourth-order valence-corrected chi connectivity index (χ4v) is 4.01. The summed E-state index contributed by atoms with van der Waals surface area (Å²) in [6.45, 7) is 0.730. The van der Waals surface area contributed by atoms with Gasteiger partial charge in [0, 0.05) is 31.2 Å². The Morgan fingerprint density at radius 1 is 1.07 bits per heavy atom. The van der Waals surface area contributed by atoms with E-state index in [-0.39, 0.29) is 23.3 Å². The minimum absolute atomic E-state index is 0.0615. The number of nitrogens with one attached hydrogen (secondary N) is 1. The maximum atomic E-state index is 13.0. The van der Waals surface area contributed by atoms with Gasteiger partial charge in [0.05, 0.1) is 17.6 Å². The van der Waals surface area contributed by atoms with Crippen LogP contribution in [0.15, 0.2) is 41.6 Å². The molecule has 1 aromatic heterocycles. The highest BCUT2D eigenvalue weighted by Crippen LogP contribution is 3.02. The van der Waals surface area contributed by atoms with Crippen molar-refractivity contribution >= 4 is 27.8 Å². The molecule has 1 aromatic carbocycles. The zero-order valence-electron chi connectivity index (χ0n) is 14.0. The van der Waals surface area contributed by atoms with Crippen molar-refractivity contribution in [2.75, 3.05) is 22.9 Å². The average molecular weight is 423 g/mol. The van der Waals surface area contributed by atoms with Gasteiger partial charge in [-0.15, -0.1) is 0 Å². The Kier molecular flexibility index (Phi) is 3.49. The molecule has 3 heterocycles. The first-order valence-electron chi connectivity index (χ1n) is 8.01. The second-order valence-electron chi connectivity index (χ2n) is 6.62. The second kappa shape index (κ2) is 5.23. The van der Waals surface area contributed by atoms with Crippen LogP contribution in [0.5, 0.6) is 0 Å². The molecule has 0 spiro atoms. The Labute approximate surface area is 155 Å². The molecule has 0 aliphatic carbocycles. The van der Waals surface area contributed by atoms with Gasteiger partial charge in [-0.2, -0.15) is 0 Å². The van der Waals surface area contributed by atoms with Crippen LogP contribution in [-0.2, 0) is 0 Å². The molecule has 13 heteroatoms. The standard InChI is InChI=1S/C15H14F5N5O2S/c16-28(17,18,19,20)11-3-1-2-10(4-11)24-7-13-12(24)8-25(13)15-21-5-9(6-22-15)14(26)23-27/h1-6,12-13,27H,7-8H2,(H,23,26)/t12?,13-/m1/s1. The fraction of sp³-hybridized carbons (Fsp3) is 0.267. The number of anilines is 2. The molecule has 2 saturated heterocycles. The third kappa shape index (κ3) is 3.09. The van der Waals surface area contributed by atoms with Gasteiger partial charge in [-0.25, -0.2) is 15.4 Å². The predicted octanol–water partition coefficient (Wildman–Crippen LogP) is 3.33. The second-order valence-corrected chi connectivity index (χ2v) is 9.03. The molecule has 2 aromatic rings. The van der Waals surface area contributed by atoms with Gasteiger partial charge in [-0.05, 0) is 18.2 Å². The molecule has 0 radical (unpaired) electrons. The molecule has 28 heavy (non-hydrogen) atoms. The molecule has 2 atom stereocenters. The molecule has 4 rings (SSSR count). The molecule has 2 N–H and O–H groups in total. The molecule has 2 fully saturated rings. The highest BCUT2D eigenvalue weighted by atomic mass is 32.5. The summed E-state index contributed by atoms with van der Waals surface area (Å²) in [4.78, 5) is 20.8. The van der Waals surface area contributed by atoms with E-state index < -0.39 is 21.0 Å². The zero-order valence-corrected chi connectivity index (χ0v) is 14.8. The summed E-state index contributed by atoms with van der Waals surface area (Å²) < 4.78 is 65.1. The summed E-state index contributed by atoms with van der Waals surface area (Å²) in [5, 5.41) is 8.56. The molecule has 2 aliphatic heterocycles. The van der Waals surface area contributed by atoms with Gasteiger partial charge < -0.3 is 9.80 Å². The monoisotopic (exact) mass is 423 g/mol. The molecule has 1 unspecified atom stereocenters. The summed E-state index contributed by atoms with van der Waals surface area (Å²) in [5.74, 6) is -0.428. The number of benzene rings is 1. The maximum Gasteiger partial charge on any atom is 0.310 e. The Morgan fingerprint density at radius 3 is 2.21 bits per heavy atom. The first kappa shape index (κ1) is 18.7. The summed E-state index contributed by atoms with van der Waals surface area (Å²) in [7, 11) is -9.72. The van der Waals surface area contributed by atoms with Gasteiger partial charge in [0.15, 0.2) is 0 Å². The van der Waals surface area contributed by atoms with Gasteiger partial charge in [0.2, 0.25) is 5.95 Å². The normalized spacial score (nSPS) is 23.6. The highest BCUT2D eigenvalue weighted by molar-refractivity contribution is 8.45. The Hall–Kier alpha value is -2.67. The lowest BCUT2D eigenvalue weighted by atomic mass is 9.85. The van der Waals surface area contributed by atoms with Crippen molar-refractivity contribution in [2.45, 2.75) is 17.0 Å². The van der Waals surface area contributed by atoms with Crippen LogP contribution in [-0.4, -0.2) is 46.3 Å². The number of hydrogen-bond donors (Lipinski definition) is 2. The van der Waals surface area contributed by atoms with E-state index in [1.54, 1.807) is 9.80 Å². The van der Waals surface area contributed by atoms with E-state index >= 15 is 0 Å². The number of carbonyl (C=O) groups excluding carboxylic acids is 1. The number of amides is 1. The van der Waals surface area contributed by atoms with Crippen LogP contribution in [0.4, 0.5) is 31.1 Å². The number of halogens is 5. The largest absolute Gasteiger partial charge is 0.362 e. The lowest BCUT2D eigenvalue weighted by molar-refractivity contribution is 0.0705. The summed E-state index contributed by atoms with van der Waals surface area (Å²) in [6, 6.07) is 3.00. The van der Waals surface area contributed by atoms with Crippen LogP contribution in [0.2, 0.25) is 0 Å². The molecule has 1 amide bonds. The third-order valence-corrected chi connectivity index (χ3v) is 6.01.